The van der Waals surface area contributed by atoms with Gasteiger partial charge < -0.3 is 5.11 Å². The average Bonchev–Trinajstić information content (AvgIpc) is 3.09. The van der Waals surface area contributed by atoms with Crippen molar-refractivity contribution in [3.8, 4) is 0 Å². The van der Waals surface area contributed by atoms with E-state index in [9.17, 15) is 5.11 Å². The molecule has 1 aliphatic carbocycles. The first kappa shape index (κ1) is 11.1. The topological polar surface area (TPSA) is 44.1 Å². The van der Waals surface area contributed by atoms with Crippen LogP contribution in [0.2, 0.25) is 0 Å². The summed E-state index contributed by atoms with van der Waals surface area (Å²) >= 11 is 0. The fourth-order valence-electron chi connectivity index (χ4n) is 1.79. The predicted molar refractivity (Wildman–Crippen MR) is 65.9 cm³/mol. The van der Waals surface area contributed by atoms with Crippen molar-refractivity contribution in [1.29, 1.82) is 5.41 Å². The lowest BCUT2D eigenvalue weighted by atomic mass is 9.98. The summed E-state index contributed by atoms with van der Waals surface area (Å²) in [6.07, 6.45) is 4.45. The van der Waals surface area contributed by atoms with Gasteiger partial charge in [-0.1, -0.05) is 30.3 Å². The standard InChI is InChI=1S/C14H17NO/c1-10-4-2-3-5-13(10)14(15)12(9-16)8-11-6-7-11/h2-5,8,11,15-16H,6-7,9H2,1H3/b12-8+,15-14?. The molecule has 1 aromatic carbocycles. The van der Waals surface area contributed by atoms with Crippen molar-refractivity contribution in [2.45, 2.75) is 19.8 Å². The Balaban J connectivity index is 2.26. The van der Waals surface area contributed by atoms with Gasteiger partial charge >= 0.3 is 0 Å². The molecule has 0 atom stereocenters. The van der Waals surface area contributed by atoms with Crippen LogP contribution in [0.25, 0.3) is 0 Å². The average molecular weight is 215 g/mol. The highest BCUT2D eigenvalue weighted by Crippen LogP contribution is 2.31. The Kier molecular flexibility index (Phi) is 3.20. The number of aliphatic hydroxyl groups is 1. The minimum absolute atomic E-state index is 0.0380. The van der Waals surface area contributed by atoms with Crippen LogP contribution in [-0.4, -0.2) is 17.4 Å². The summed E-state index contributed by atoms with van der Waals surface area (Å²) in [5, 5.41) is 17.4. The van der Waals surface area contributed by atoms with Crippen molar-refractivity contribution in [3.63, 3.8) is 0 Å². The lowest BCUT2D eigenvalue weighted by Crippen LogP contribution is -2.09. The third-order valence-corrected chi connectivity index (χ3v) is 2.96. The van der Waals surface area contributed by atoms with Crippen LogP contribution in [0.15, 0.2) is 35.9 Å². The molecule has 0 bridgehead atoms. The van der Waals surface area contributed by atoms with Crippen molar-refractivity contribution in [1.82, 2.24) is 0 Å². The van der Waals surface area contributed by atoms with Crippen molar-refractivity contribution >= 4 is 5.71 Å². The van der Waals surface area contributed by atoms with Gasteiger partial charge in [-0.25, -0.2) is 0 Å². The Morgan fingerprint density at radius 1 is 1.44 bits per heavy atom. The summed E-state index contributed by atoms with van der Waals surface area (Å²) in [7, 11) is 0. The molecule has 2 N–H and O–H groups in total. The van der Waals surface area contributed by atoms with Gasteiger partial charge in [0.25, 0.3) is 0 Å². The van der Waals surface area contributed by atoms with Crippen LogP contribution in [-0.2, 0) is 0 Å². The van der Waals surface area contributed by atoms with Crippen LogP contribution in [0.4, 0.5) is 0 Å². The van der Waals surface area contributed by atoms with E-state index >= 15 is 0 Å². The number of rotatable bonds is 4. The molecular formula is C14H17NO. The fourth-order valence-corrected chi connectivity index (χ4v) is 1.79. The Labute approximate surface area is 96.1 Å². The Morgan fingerprint density at radius 2 is 2.12 bits per heavy atom. The minimum atomic E-state index is -0.0380. The molecule has 1 aliphatic rings. The van der Waals surface area contributed by atoms with E-state index in [1.807, 2.05) is 31.2 Å². The molecule has 0 amide bonds. The quantitative estimate of drug-likeness (QED) is 0.745. The summed E-state index contributed by atoms with van der Waals surface area (Å²) in [5.41, 5.74) is 3.23. The maximum Gasteiger partial charge on any atom is 0.0699 e. The third kappa shape index (κ3) is 2.39. The van der Waals surface area contributed by atoms with Crippen molar-refractivity contribution < 1.29 is 5.11 Å². The molecule has 0 saturated heterocycles. The van der Waals surface area contributed by atoms with Gasteiger partial charge in [-0.05, 0) is 36.8 Å². The van der Waals surface area contributed by atoms with Crippen LogP contribution in [0.3, 0.4) is 0 Å². The number of aliphatic hydroxyl groups excluding tert-OH is 1. The molecule has 0 unspecified atom stereocenters. The van der Waals surface area contributed by atoms with Crippen LogP contribution in [0, 0.1) is 18.3 Å². The highest BCUT2D eigenvalue weighted by atomic mass is 16.3. The zero-order valence-electron chi connectivity index (χ0n) is 9.53. The summed E-state index contributed by atoms with van der Waals surface area (Å²) in [4.78, 5) is 0. The summed E-state index contributed by atoms with van der Waals surface area (Å²) in [6.45, 7) is 1.96. The molecule has 0 radical (unpaired) electrons. The molecule has 2 heteroatoms. The SMILES string of the molecule is Cc1ccccc1C(=N)/C(=C/C1CC1)CO. The number of aryl methyl sites for hydroxylation is 1. The zero-order valence-corrected chi connectivity index (χ0v) is 9.53. The molecular weight excluding hydrogens is 198 g/mol. The van der Waals surface area contributed by atoms with Gasteiger partial charge in [0.15, 0.2) is 0 Å². The smallest absolute Gasteiger partial charge is 0.0699 e. The van der Waals surface area contributed by atoms with E-state index in [-0.39, 0.29) is 6.61 Å². The van der Waals surface area contributed by atoms with Crippen molar-refractivity contribution in [2.75, 3.05) is 6.61 Å². The fraction of sp³-hybridized carbons (Fsp3) is 0.357. The number of benzene rings is 1. The Morgan fingerprint density at radius 3 is 2.69 bits per heavy atom. The minimum Gasteiger partial charge on any atom is -0.392 e. The third-order valence-electron chi connectivity index (χ3n) is 2.96. The van der Waals surface area contributed by atoms with Gasteiger partial charge in [0, 0.05) is 5.56 Å². The first-order valence-corrected chi connectivity index (χ1v) is 5.69. The number of nitrogens with one attached hydrogen (secondary N) is 1. The van der Waals surface area contributed by atoms with Crippen LogP contribution in [0.1, 0.15) is 24.0 Å². The maximum absolute atomic E-state index is 9.32. The normalized spacial score (nSPS) is 16.2. The molecule has 2 nitrogen and oxygen atoms in total. The lowest BCUT2D eigenvalue weighted by molar-refractivity contribution is 0.336. The first-order chi connectivity index (χ1) is 7.72. The van der Waals surface area contributed by atoms with Gasteiger partial charge in [0.05, 0.1) is 12.3 Å². The number of hydrogen-bond donors (Lipinski definition) is 2. The number of allylic oxidation sites excluding steroid dienone is 1. The van der Waals surface area contributed by atoms with Crippen molar-refractivity contribution in [3.05, 3.63) is 47.0 Å². The molecule has 1 fully saturated rings. The molecule has 16 heavy (non-hydrogen) atoms. The molecule has 0 spiro atoms. The highest BCUT2D eigenvalue weighted by molar-refractivity contribution is 6.11. The lowest BCUT2D eigenvalue weighted by Gasteiger charge is -2.09. The van der Waals surface area contributed by atoms with E-state index in [1.165, 1.54) is 12.8 Å². The van der Waals surface area contributed by atoms with E-state index in [4.69, 9.17) is 5.41 Å². The van der Waals surface area contributed by atoms with E-state index in [0.717, 1.165) is 16.7 Å². The largest absolute Gasteiger partial charge is 0.392 e. The van der Waals surface area contributed by atoms with Crippen LogP contribution >= 0.6 is 0 Å². The van der Waals surface area contributed by atoms with Crippen molar-refractivity contribution in [2.24, 2.45) is 5.92 Å². The highest BCUT2D eigenvalue weighted by Gasteiger charge is 2.20. The van der Waals surface area contributed by atoms with Gasteiger partial charge in [-0.15, -0.1) is 0 Å². The van der Waals surface area contributed by atoms with Gasteiger partial charge in [0.2, 0.25) is 0 Å². The van der Waals surface area contributed by atoms with E-state index in [1.54, 1.807) is 0 Å². The summed E-state index contributed by atoms with van der Waals surface area (Å²) < 4.78 is 0. The number of hydrogen-bond acceptors (Lipinski definition) is 2. The second kappa shape index (κ2) is 4.62. The Hall–Kier alpha value is -1.41. The molecule has 1 aromatic rings. The monoisotopic (exact) mass is 215 g/mol. The van der Waals surface area contributed by atoms with E-state index < -0.39 is 0 Å². The van der Waals surface area contributed by atoms with Crippen LogP contribution in [0.5, 0.6) is 0 Å². The second-order valence-corrected chi connectivity index (χ2v) is 4.38. The summed E-state index contributed by atoms with van der Waals surface area (Å²) in [6, 6.07) is 7.84. The molecule has 0 aromatic heterocycles. The molecule has 0 aliphatic heterocycles. The molecule has 1 saturated carbocycles. The zero-order chi connectivity index (χ0) is 11.5. The van der Waals surface area contributed by atoms with Gasteiger partial charge in [-0.3, -0.25) is 5.41 Å². The second-order valence-electron chi connectivity index (χ2n) is 4.38. The molecule has 2 rings (SSSR count). The molecule has 0 heterocycles. The van der Waals surface area contributed by atoms with Crippen LogP contribution < -0.4 is 0 Å². The van der Waals surface area contributed by atoms with Gasteiger partial charge in [0.1, 0.15) is 0 Å². The Bertz CT molecular complexity index is 430. The molecule has 84 valence electrons. The maximum atomic E-state index is 9.32. The predicted octanol–water partition coefficient (Wildman–Crippen LogP) is 2.69. The van der Waals surface area contributed by atoms with Gasteiger partial charge in [-0.2, -0.15) is 0 Å². The van der Waals surface area contributed by atoms with E-state index in [0.29, 0.717) is 11.6 Å². The summed E-state index contributed by atoms with van der Waals surface area (Å²) in [5.74, 6) is 0.589. The van der Waals surface area contributed by atoms with E-state index in [2.05, 4.69) is 6.08 Å². The first-order valence-electron chi connectivity index (χ1n) is 5.69.